The Morgan fingerprint density at radius 3 is 2.68 bits per heavy atom. The van der Waals surface area contributed by atoms with Crippen LogP contribution in [-0.4, -0.2) is 13.6 Å². The summed E-state index contributed by atoms with van der Waals surface area (Å²) in [5, 5.41) is 6.45. The van der Waals surface area contributed by atoms with Gasteiger partial charge in [0, 0.05) is 19.3 Å². The lowest BCUT2D eigenvalue weighted by atomic mass is 10.1. The van der Waals surface area contributed by atoms with Crippen LogP contribution in [0.4, 0.5) is 10.1 Å². The molecule has 0 aromatic heterocycles. The fraction of sp³-hybridized carbons (Fsp3) is 0.250. The van der Waals surface area contributed by atoms with Crippen LogP contribution in [0.15, 0.2) is 48.5 Å². The van der Waals surface area contributed by atoms with Gasteiger partial charge in [-0.2, -0.15) is 0 Å². The van der Waals surface area contributed by atoms with Crippen LogP contribution in [0.2, 0.25) is 0 Å². The molecule has 19 heavy (non-hydrogen) atoms. The molecule has 0 atom stereocenters. The maximum Gasteiger partial charge on any atom is 0.126 e. The largest absolute Gasteiger partial charge is 0.388 e. The highest BCUT2D eigenvalue weighted by atomic mass is 19.1. The van der Waals surface area contributed by atoms with Gasteiger partial charge in [0.2, 0.25) is 0 Å². The molecule has 2 N–H and O–H groups in total. The Balaban J connectivity index is 1.79. The van der Waals surface area contributed by atoms with Crippen molar-refractivity contribution < 1.29 is 4.39 Å². The van der Waals surface area contributed by atoms with Crippen molar-refractivity contribution in [1.82, 2.24) is 5.32 Å². The molecule has 2 rings (SSSR count). The molecule has 3 heteroatoms. The third-order valence-corrected chi connectivity index (χ3v) is 3.07. The van der Waals surface area contributed by atoms with Gasteiger partial charge >= 0.3 is 0 Å². The molecule has 2 nitrogen and oxygen atoms in total. The molecule has 0 radical (unpaired) electrons. The summed E-state index contributed by atoms with van der Waals surface area (Å²) >= 11 is 0. The van der Waals surface area contributed by atoms with Gasteiger partial charge < -0.3 is 10.6 Å². The second kappa shape index (κ2) is 6.90. The van der Waals surface area contributed by atoms with Gasteiger partial charge in [-0.05, 0) is 42.3 Å². The second-order valence-electron chi connectivity index (χ2n) is 4.47. The highest BCUT2D eigenvalue weighted by Crippen LogP contribution is 2.10. The van der Waals surface area contributed by atoms with Crippen LogP contribution in [0.5, 0.6) is 0 Å². The van der Waals surface area contributed by atoms with Crippen LogP contribution in [0.3, 0.4) is 0 Å². The van der Waals surface area contributed by atoms with Gasteiger partial charge in [0.25, 0.3) is 0 Å². The molecule has 2 aromatic carbocycles. The Bertz CT molecular complexity index is 526. The van der Waals surface area contributed by atoms with Crippen LogP contribution < -0.4 is 10.6 Å². The van der Waals surface area contributed by atoms with Gasteiger partial charge in [0.15, 0.2) is 0 Å². The van der Waals surface area contributed by atoms with Crippen molar-refractivity contribution in [2.75, 3.05) is 18.9 Å². The summed E-state index contributed by atoms with van der Waals surface area (Å²) in [4.78, 5) is 0. The van der Waals surface area contributed by atoms with Gasteiger partial charge in [-0.1, -0.05) is 30.3 Å². The van der Waals surface area contributed by atoms with Crippen LogP contribution in [0.25, 0.3) is 0 Å². The Morgan fingerprint density at radius 1 is 1.05 bits per heavy atom. The molecular weight excluding hydrogens is 239 g/mol. The first kappa shape index (κ1) is 13.6. The van der Waals surface area contributed by atoms with E-state index in [1.54, 1.807) is 6.07 Å². The molecule has 0 aliphatic heterocycles. The molecule has 0 fully saturated rings. The number of rotatable bonds is 6. The van der Waals surface area contributed by atoms with E-state index in [2.05, 4.69) is 22.8 Å². The van der Waals surface area contributed by atoms with E-state index in [0.717, 1.165) is 24.3 Å². The third-order valence-electron chi connectivity index (χ3n) is 3.07. The molecule has 0 saturated carbocycles. The van der Waals surface area contributed by atoms with Gasteiger partial charge in [0.1, 0.15) is 5.82 Å². The first-order valence-electron chi connectivity index (χ1n) is 6.50. The first-order valence-corrected chi connectivity index (χ1v) is 6.50. The predicted octanol–water partition coefficient (Wildman–Crippen LogP) is 3.20. The van der Waals surface area contributed by atoms with E-state index in [1.807, 2.05) is 31.3 Å². The fourth-order valence-corrected chi connectivity index (χ4v) is 1.99. The zero-order valence-corrected chi connectivity index (χ0v) is 11.1. The van der Waals surface area contributed by atoms with Crippen molar-refractivity contribution in [2.45, 2.75) is 13.0 Å². The predicted molar refractivity (Wildman–Crippen MR) is 77.8 cm³/mol. The van der Waals surface area contributed by atoms with Crippen LogP contribution >= 0.6 is 0 Å². The lowest BCUT2D eigenvalue weighted by Crippen LogP contribution is -2.17. The topological polar surface area (TPSA) is 24.1 Å². The first-order chi connectivity index (χ1) is 9.29. The van der Waals surface area contributed by atoms with Crippen molar-refractivity contribution in [1.29, 1.82) is 0 Å². The average Bonchev–Trinajstić information content (AvgIpc) is 2.45. The van der Waals surface area contributed by atoms with Crippen LogP contribution in [0, 0.1) is 5.82 Å². The lowest BCUT2D eigenvalue weighted by Gasteiger charge is -2.07. The lowest BCUT2D eigenvalue weighted by molar-refractivity contribution is 0.598. The highest BCUT2D eigenvalue weighted by Gasteiger charge is 2.00. The van der Waals surface area contributed by atoms with Crippen molar-refractivity contribution in [3.05, 3.63) is 65.5 Å². The fourth-order valence-electron chi connectivity index (χ4n) is 1.99. The van der Waals surface area contributed by atoms with Crippen molar-refractivity contribution in [3.8, 4) is 0 Å². The van der Waals surface area contributed by atoms with Crippen molar-refractivity contribution in [2.24, 2.45) is 0 Å². The quantitative estimate of drug-likeness (QED) is 0.777. The molecule has 0 amide bonds. The summed E-state index contributed by atoms with van der Waals surface area (Å²) in [5.41, 5.74) is 3.09. The van der Waals surface area contributed by atoms with Crippen LogP contribution in [-0.2, 0) is 13.0 Å². The van der Waals surface area contributed by atoms with E-state index >= 15 is 0 Å². The Hall–Kier alpha value is -1.87. The summed E-state index contributed by atoms with van der Waals surface area (Å²) in [6.07, 6.45) is 0.707. The number of halogens is 1. The summed E-state index contributed by atoms with van der Waals surface area (Å²) in [6, 6.07) is 15.2. The number of hydrogen-bond donors (Lipinski definition) is 2. The minimum absolute atomic E-state index is 0.124. The molecule has 0 heterocycles. The van der Waals surface area contributed by atoms with E-state index < -0.39 is 0 Å². The number of anilines is 1. The molecule has 0 spiro atoms. The van der Waals surface area contributed by atoms with E-state index in [4.69, 9.17) is 0 Å². The highest BCUT2D eigenvalue weighted by molar-refractivity contribution is 5.44. The van der Waals surface area contributed by atoms with Gasteiger partial charge in [-0.25, -0.2) is 4.39 Å². The monoisotopic (exact) mass is 258 g/mol. The smallest absolute Gasteiger partial charge is 0.126 e. The Kier molecular flexibility index (Phi) is 4.93. The molecule has 0 saturated heterocycles. The SMILES string of the molecule is CNc1cccc(CNCCc2ccccc2F)c1. The third kappa shape index (κ3) is 4.07. The van der Waals surface area contributed by atoms with Crippen molar-refractivity contribution in [3.63, 3.8) is 0 Å². The van der Waals surface area contributed by atoms with Gasteiger partial charge in [-0.15, -0.1) is 0 Å². The normalized spacial score (nSPS) is 10.4. The Labute approximate surface area is 113 Å². The molecule has 0 unspecified atom stereocenters. The zero-order valence-electron chi connectivity index (χ0n) is 11.1. The van der Waals surface area contributed by atoms with Gasteiger partial charge in [0.05, 0.1) is 0 Å². The summed E-state index contributed by atoms with van der Waals surface area (Å²) in [7, 11) is 1.91. The van der Waals surface area contributed by atoms with E-state index in [9.17, 15) is 4.39 Å². The average molecular weight is 258 g/mol. The molecule has 0 aliphatic carbocycles. The minimum atomic E-state index is -0.124. The molecule has 0 bridgehead atoms. The van der Waals surface area contributed by atoms with E-state index in [1.165, 1.54) is 11.6 Å². The number of nitrogens with one attached hydrogen (secondary N) is 2. The molecule has 0 aliphatic rings. The zero-order chi connectivity index (χ0) is 13.5. The minimum Gasteiger partial charge on any atom is -0.388 e. The number of hydrogen-bond acceptors (Lipinski definition) is 2. The second-order valence-corrected chi connectivity index (χ2v) is 4.47. The summed E-state index contributed by atoms with van der Waals surface area (Å²) in [6.45, 7) is 1.56. The van der Waals surface area contributed by atoms with Crippen LogP contribution in [0.1, 0.15) is 11.1 Å². The standard InChI is InChI=1S/C16H19FN2/c1-18-15-7-4-5-13(11-15)12-19-10-9-14-6-2-3-8-16(14)17/h2-8,11,18-19H,9-10,12H2,1H3. The van der Waals surface area contributed by atoms with E-state index in [-0.39, 0.29) is 5.82 Å². The maximum atomic E-state index is 13.4. The molecular formula is C16H19FN2. The number of benzene rings is 2. The molecule has 2 aromatic rings. The summed E-state index contributed by atoms with van der Waals surface area (Å²) < 4.78 is 13.4. The Morgan fingerprint density at radius 2 is 1.89 bits per heavy atom. The summed E-state index contributed by atoms with van der Waals surface area (Å²) in [5.74, 6) is -0.124. The van der Waals surface area contributed by atoms with Crippen molar-refractivity contribution >= 4 is 5.69 Å². The molecule has 100 valence electrons. The van der Waals surface area contributed by atoms with E-state index in [0.29, 0.717) is 6.42 Å². The maximum absolute atomic E-state index is 13.4. The van der Waals surface area contributed by atoms with Gasteiger partial charge in [-0.3, -0.25) is 0 Å².